The summed E-state index contributed by atoms with van der Waals surface area (Å²) < 4.78 is 0. The van der Waals surface area contributed by atoms with E-state index in [2.05, 4.69) is 42.5 Å². The second-order valence-electron chi connectivity index (χ2n) is 16.2. The van der Waals surface area contributed by atoms with E-state index in [0.29, 0.717) is 16.5 Å². The topological polar surface area (TPSA) is 46.2 Å². The predicted molar refractivity (Wildman–Crippen MR) is 166 cm³/mol. The molecule has 3 aromatic carbocycles. The molecule has 210 valence electrons. The third-order valence-electron chi connectivity index (χ3n) is 13.7. The first-order valence-electron chi connectivity index (χ1n) is 16.8. The van der Waals surface area contributed by atoms with Gasteiger partial charge >= 0.3 is 0 Å². The van der Waals surface area contributed by atoms with Crippen LogP contribution < -0.4 is 5.73 Å². The number of hydrogen-bond donors (Lipinski definition) is 2. The quantitative estimate of drug-likeness (QED) is 0.201. The van der Waals surface area contributed by atoms with Crippen molar-refractivity contribution in [3.05, 3.63) is 70.8 Å². The van der Waals surface area contributed by atoms with E-state index in [1.807, 2.05) is 6.07 Å². The van der Waals surface area contributed by atoms with Crippen molar-refractivity contribution >= 4 is 5.69 Å². The van der Waals surface area contributed by atoms with Crippen LogP contribution in [-0.4, -0.2) is 5.11 Å². The zero-order valence-corrected chi connectivity index (χ0v) is 24.3. The molecule has 8 fully saturated rings. The fourth-order valence-corrected chi connectivity index (χ4v) is 13.0. The minimum Gasteiger partial charge on any atom is -0.506 e. The van der Waals surface area contributed by atoms with Gasteiger partial charge in [-0.25, -0.2) is 0 Å². The smallest absolute Gasteiger partial charge is 0.138 e. The lowest BCUT2D eigenvalue weighted by Crippen LogP contribution is -2.48. The average Bonchev–Trinajstić information content (AvgIpc) is 3.31. The number of hydrogen-bond acceptors (Lipinski definition) is 2. The van der Waals surface area contributed by atoms with Crippen LogP contribution in [0.3, 0.4) is 0 Å². The normalized spacial score (nSPS) is 38.8. The molecule has 8 bridgehead atoms. The van der Waals surface area contributed by atoms with Gasteiger partial charge in [0.2, 0.25) is 0 Å². The Balaban J connectivity index is 1.11. The number of nitrogens with two attached hydrogens (primary N) is 1. The summed E-state index contributed by atoms with van der Waals surface area (Å²) in [6, 6.07) is 18.7. The van der Waals surface area contributed by atoms with E-state index < -0.39 is 0 Å². The molecule has 3 aromatic rings. The van der Waals surface area contributed by atoms with Gasteiger partial charge in [-0.2, -0.15) is 0 Å². The fourth-order valence-electron chi connectivity index (χ4n) is 13.0. The maximum absolute atomic E-state index is 10.3. The van der Waals surface area contributed by atoms with Crippen molar-refractivity contribution in [1.82, 2.24) is 0 Å². The second-order valence-corrected chi connectivity index (χ2v) is 16.2. The van der Waals surface area contributed by atoms with Gasteiger partial charge in [0.1, 0.15) is 5.75 Å². The summed E-state index contributed by atoms with van der Waals surface area (Å²) >= 11 is 0. The van der Waals surface area contributed by atoms with Crippen LogP contribution in [0, 0.1) is 35.5 Å². The Hall–Kier alpha value is -2.74. The highest BCUT2D eigenvalue weighted by molar-refractivity contribution is 5.88. The number of rotatable bonds is 3. The lowest BCUT2D eigenvalue weighted by molar-refractivity contribution is -0.00524. The van der Waals surface area contributed by atoms with Gasteiger partial charge in [-0.1, -0.05) is 36.4 Å². The maximum atomic E-state index is 10.3. The van der Waals surface area contributed by atoms with Crippen molar-refractivity contribution < 1.29 is 5.11 Å². The minimum atomic E-state index is 0.196. The zero-order valence-electron chi connectivity index (χ0n) is 24.3. The van der Waals surface area contributed by atoms with Gasteiger partial charge < -0.3 is 10.8 Å². The summed E-state index contributed by atoms with van der Waals surface area (Å²) in [6.45, 7) is 0. The average molecular weight is 542 g/mol. The number of aromatic hydroxyl groups is 1. The Labute approximate surface area is 244 Å². The van der Waals surface area contributed by atoms with Crippen LogP contribution in [0.1, 0.15) is 99.3 Å². The van der Waals surface area contributed by atoms with Gasteiger partial charge in [-0.3, -0.25) is 0 Å². The summed E-state index contributed by atoms with van der Waals surface area (Å²) in [5.41, 5.74) is 19.5. The molecule has 2 heteroatoms. The SMILES string of the molecule is Nc1cc(-c2c(C34CC5CC(CC(C5)C3)C4)ccc3c2Cc2cc(C45CC6CC(CC(C6)C4)C5)ccc2-3)ccc1O. The third kappa shape index (κ3) is 3.31. The van der Waals surface area contributed by atoms with E-state index in [1.54, 1.807) is 16.7 Å². The molecule has 0 spiro atoms. The van der Waals surface area contributed by atoms with Gasteiger partial charge in [0.15, 0.2) is 0 Å². The fraction of sp³-hybridized carbons (Fsp3) is 0.538. The first-order valence-corrected chi connectivity index (χ1v) is 16.8. The predicted octanol–water partition coefficient (Wildman–Crippen LogP) is 9.15. The number of fused-ring (bicyclic) bond motifs is 3. The number of nitrogen functional groups attached to an aromatic ring is 1. The van der Waals surface area contributed by atoms with E-state index in [9.17, 15) is 5.11 Å². The van der Waals surface area contributed by atoms with Crippen molar-refractivity contribution in [3.8, 4) is 28.0 Å². The molecule has 0 amide bonds. The second kappa shape index (κ2) is 8.00. The summed E-state index contributed by atoms with van der Waals surface area (Å²) in [4.78, 5) is 0. The Bertz CT molecular complexity index is 1540. The Morgan fingerprint density at radius 2 is 1.17 bits per heavy atom. The molecule has 12 rings (SSSR count). The highest BCUT2D eigenvalue weighted by atomic mass is 16.3. The summed E-state index contributed by atoms with van der Waals surface area (Å²) in [7, 11) is 0. The lowest BCUT2D eigenvalue weighted by atomic mass is 9.47. The molecule has 9 aliphatic carbocycles. The third-order valence-corrected chi connectivity index (χ3v) is 13.7. The van der Waals surface area contributed by atoms with Crippen molar-refractivity contribution in [2.75, 3.05) is 5.73 Å². The molecular formula is C39H43NO. The molecular weight excluding hydrogens is 498 g/mol. The molecule has 0 aliphatic heterocycles. The molecule has 0 atom stereocenters. The van der Waals surface area contributed by atoms with Crippen molar-refractivity contribution in [3.63, 3.8) is 0 Å². The van der Waals surface area contributed by atoms with Crippen LogP contribution in [0.2, 0.25) is 0 Å². The Morgan fingerprint density at radius 3 is 1.76 bits per heavy atom. The number of anilines is 1. The van der Waals surface area contributed by atoms with Gasteiger partial charge in [-0.15, -0.1) is 0 Å². The Kier molecular flexibility index (Phi) is 4.64. The van der Waals surface area contributed by atoms with Crippen molar-refractivity contribution in [1.29, 1.82) is 0 Å². The first-order chi connectivity index (χ1) is 19.9. The van der Waals surface area contributed by atoms with Crippen LogP contribution >= 0.6 is 0 Å². The lowest BCUT2D eigenvalue weighted by Gasteiger charge is -2.57. The van der Waals surface area contributed by atoms with E-state index >= 15 is 0 Å². The maximum Gasteiger partial charge on any atom is 0.138 e. The number of benzene rings is 3. The van der Waals surface area contributed by atoms with E-state index in [-0.39, 0.29) is 5.75 Å². The van der Waals surface area contributed by atoms with E-state index in [1.165, 1.54) is 105 Å². The molecule has 9 aliphatic rings. The molecule has 3 N–H and O–H groups in total. The summed E-state index contributed by atoms with van der Waals surface area (Å²) in [5.74, 6) is 5.84. The zero-order chi connectivity index (χ0) is 27.1. The van der Waals surface area contributed by atoms with Crippen LogP contribution in [0.5, 0.6) is 5.75 Å². The molecule has 0 unspecified atom stereocenters. The minimum absolute atomic E-state index is 0.196. The monoisotopic (exact) mass is 541 g/mol. The number of phenols is 1. The van der Waals surface area contributed by atoms with Crippen LogP contribution in [-0.2, 0) is 17.3 Å². The molecule has 0 heterocycles. The number of phenolic OH excluding ortho intramolecular Hbond substituents is 1. The highest BCUT2D eigenvalue weighted by Gasteiger charge is 2.53. The van der Waals surface area contributed by atoms with Gasteiger partial charge in [0.05, 0.1) is 5.69 Å². The van der Waals surface area contributed by atoms with Gasteiger partial charge in [0, 0.05) is 0 Å². The summed E-state index contributed by atoms with van der Waals surface area (Å²) in [5, 5.41) is 10.3. The molecule has 0 radical (unpaired) electrons. The van der Waals surface area contributed by atoms with Crippen molar-refractivity contribution in [2.24, 2.45) is 35.5 Å². The first kappa shape index (κ1) is 23.8. The molecule has 2 nitrogen and oxygen atoms in total. The van der Waals surface area contributed by atoms with E-state index in [0.717, 1.165) is 41.9 Å². The van der Waals surface area contributed by atoms with Crippen molar-refractivity contribution in [2.45, 2.75) is 94.3 Å². The van der Waals surface area contributed by atoms with Crippen LogP contribution in [0.25, 0.3) is 22.3 Å². The highest BCUT2D eigenvalue weighted by Crippen LogP contribution is 2.64. The largest absolute Gasteiger partial charge is 0.506 e. The van der Waals surface area contributed by atoms with E-state index in [4.69, 9.17) is 5.73 Å². The standard InChI is InChI=1S/C39H43NO/c40-35-15-28(1-6-36(35)41)37-33-14-29-13-30(38-16-22-7-23(17-38)9-24(8-22)18-38)2-3-31(29)32(33)4-5-34(37)39-19-25-10-26(20-39)12-27(11-25)21-39/h1-6,13,15,22-27,41H,7-12,14,16-21,40H2. The van der Waals surface area contributed by atoms with Gasteiger partial charge in [-0.05, 0) is 186 Å². The molecule has 41 heavy (non-hydrogen) atoms. The molecule has 0 saturated heterocycles. The molecule has 8 saturated carbocycles. The summed E-state index contributed by atoms with van der Waals surface area (Å²) in [6.07, 6.45) is 18.3. The Morgan fingerprint density at radius 1 is 0.610 bits per heavy atom. The van der Waals surface area contributed by atoms with Crippen LogP contribution in [0.15, 0.2) is 48.5 Å². The van der Waals surface area contributed by atoms with Crippen LogP contribution in [0.4, 0.5) is 5.69 Å². The van der Waals surface area contributed by atoms with Gasteiger partial charge in [0.25, 0.3) is 0 Å². The molecule has 0 aromatic heterocycles.